The number of pyridine rings is 1. The number of likely N-dealkylation sites (tertiary alicyclic amines) is 1. The first kappa shape index (κ1) is 32.2. The number of amides is 1. The van der Waals surface area contributed by atoms with E-state index in [-0.39, 0.29) is 36.2 Å². The van der Waals surface area contributed by atoms with Gasteiger partial charge in [0.15, 0.2) is 17.1 Å². The minimum atomic E-state index is -4.47. The fourth-order valence-corrected chi connectivity index (χ4v) is 7.04. The second kappa shape index (κ2) is 16.4. The molecule has 12 heteroatoms. The molecule has 1 saturated heterocycles. The van der Waals surface area contributed by atoms with Gasteiger partial charge in [-0.25, -0.2) is 8.78 Å². The lowest BCUT2D eigenvalue weighted by Gasteiger charge is -2.39. The van der Waals surface area contributed by atoms with Gasteiger partial charge in [-0.2, -0.15) is 13.2 Å². The Morgan fingerprint density at radius 3 is 2.29 bits per heavy atom. The molecule has 4 aromatic carbocycles. The first-order chi connectivity index (χ1) is 26.5. The fraction of sp³-hybridized carbons (Fsp3) is 0.300. The topological polar surface area (TPSA) is 54.8 Å². The molecule has 0 atom stereocenters. The Morgan fingerprint density at radius 2 is 1.62 bits per heavy atom. The van der Waals surface area contributed by atoms with Gasteiger partial charge in [0.05, 0.1) is 22.7 Å². The van der Waals surface area contributed by atoms with Crippen LogP contribution in [0.5, 0.6) is 0 Å². The van der Waals surface area contributed by atoms with Gasteiger partial charge in [-0.05, 0) is 59.9 Å². The number of halogens is 5. The highest BCUT2D eigenvalue weighted by molar-refractivity contribution is 7.98. The summed E-state index contributed by atoms with van der Waals surface area (Å²) in [6.07, 6.45) is -3.65. The van der Waals surface area contributed by atoms with Crippen LogP contribution < -0.4 is 5.43 Å². The van der Waals surface area contributed by atoms with Crippen LogP contribution in [0, 0.1) is 11.6 Å². The molecular formula is C40H38F5N3O3S. The van der Waals surface area contributed by atoms with Crippen LogP contribution in [-0.4, -0.2) is 59.6 Å². The Balaban J connectivity index is 1.33. The van der Waals surface area contributed by atoms with E-state index in [2.05, 4.69) is 0 Å². The van der Waals surface area contributed by atoms with E-state index in [0.717, 1.165) is 24.3 Å². The summed E-state index contributed by atoms with van der Waals surface area (Å²) in [5.74, 6) is -3.00. The summed E-state index contributed by atoms with van der Waals surface area (Å²) in [5, 5.41) is 0.278. The molecule has 272 valence electrons. The molecular weight excluding hydrogens is 698 g/mol. The van der Waals surface area contributed by atoms with Gasteiger partial charge in [-0.3, -0.25) is 9.59 Å². The SMILES string of the molecule is [2H]C([2H])(Sc1cc(=O)c2ccccc2n1CC(=O)N(Cc1ccc(-c2ccc(C(F)(F)F)cc2)cc1)C1CCN(C([2H])([2H])COC)CC1)c1cccc(F)c1F. The van der Waals surface area contributed by atoms with Gasteiger partial charge in [-0.15, -0.1) is 11.8 Å². The van der Waals surface area contributed by atoms with E-state index in [1.807, 2.05) is 0 Å². The Labute approximate surface area is 308 Å². The largest absolute Gasteiger partial charge is 0.416 e. The number of fused-ring (bicyclic) bond motifs is 1. The number of ether oxygens (including phenoxy) is 1. The Morgan fingerprint density at radius 1 is 0.942 bits per heavy atom. The molecule has 52 heavy (non-hydrogen) atoms. The lowest BCUT2D eigenvalue weighted by molar-refractivity contribution is -0.137. The number of para-hydroxylation sites is 1. The Bertz CT molecular complexity index is 2250. The molecule has 0 radical (unpaired) electrons. The number of benzene rings is 4. The first-order valence-corrected chi connectivity index (χ1v) is 17.4. The van der Waals surface area contributed by atoms with Crippen LogP contribution in [0.3, 0.4) is 0 Å². The van der Waals surface area contributed by atoms with Gasteiger partial charge in [-0.1, -0.05) is 60.7 Å². The summed E-state index contributed by atoms with van der Waals surface area (Å²) in [7, 11) is 1.42. The molecule has 0 bridgehead atoms. The minimum Gasteiger partial charge on any atom is -0.383 e. The van der Waals surface area contributed by atoms with E-state index in [0.29, 0.717) is 59.9 Å². The molecule has 6 rings (SSSR count). The van der Waals surface area contributed by atoms with Crippen LogP contribution in [-0.2, 0) is 34.5 Å². The van der Waals surface area contributed by atoms with Gasteiger partial charge >= 0.3 is 6.18 Å². The van der Waals surface area contributed by atoms with E-state index < -0.39 is 52.5 Å². The van der Waals surface area contributed by atoms with Crippen LogP contribution in [0.15, 0.2) is 107 Å². The summed E-state index contributed by atoms with van der Waals surface area (Å²) in [4.78, 5) is 31.2. The van der Waals surface area contributed by atoms with E-state index in [9.17, 15) is 31.5 Å². The summed E-state index contributed by atoms with van der Waals surface area (Å²) < 4.78 is 109. The molecule has 0 saturated carbocycles. The van der Waals surface area contributed by atoms with Crippen molar-refractivity contribution in [2.45, 2.75) is 48.9 Å². The zero-order valence-electron chi connectivity index (χ0n) is 32.1. The summed E-state index contributed by atoms with van der Waals surface area (Å²) in [6, 6.07) is 22.4. The Kier molecular flexibility index (Phi) is 10.2. The van der Waals surface area contributed by atoms with E-state index in [1.165, 1.54) is 35.9 Å². The maximum Gasteiger partial charge on any atom is 0.416 e. The maximum atomic E-state index is 14.9. The van der Waals surface area contributed by atoms with Crippen molar-refractivity contribution in [1.29, 1.82) is 0 Å². The van der Waals surface area contributed by atoms with E-state index in [4.69, 9.17) is 10.2 Å². The van der Waals surface area contributed by atoms with Crippen LogP contribution in [0.2, 0.25) is 0 Å². The molecule has 1 aliphatic heterocycles. The van der Waals surface area contributed by atoms with Crippen molar-refractivity contribution in [3.05, 3.63) is 136 Å². The highest BCUT2D eigenvalue weighted by Crippen LogP contribution is 2.32. The predicted octanol–water partition coefficient (Wildman–Crippen LogP) is 8.40. The first-order valence-electron chi connectivity index (χ1n) is 18.5. The van der Waals surface area contributed by atoms with Crippen LogP contribution in [0.1, 0.15) is 35.0 Å². The monoisotopic (exact) mass is 739 g/mol. The number of piperidine rings is 1. The average molecular weight is 740 g/mol. The van der Waals surface area contributed by atoms with E-state index in [1.54, 1.807) is 58.3 Å². The number of methoxy groups -OCH3 is 1. The van der Waals surface area contributed by atoms with Crippen LogP contribution in [0.25, 0.3) is 22.0 Å². The second-order valence-electron chi connectivity index (χ2n) is 12.4. The number of carbonyl (C=O) groups is 1. The number of nitrogens with zero attached hydrogens (tertiary/aromatic N) is 3. The van der Waals surface area contributed by atoms with Crippen molar-refractivity contribution < 1.29 is 37.0 Å². The Hall–Kier alpha value is -4.52. The lowest BCUT2D eigenvalue weighted by Crippen LogP contribution is -2.48. The summed E-state index contributed by atoms with van der Waals surface area (Å²) in [6.45, 7) is -1.49. The molecule has 0 spiro atoms. The van der Waals surface area contributed by atoms with Crippen molar-refractivity contribution in [3.63, 3.8) is 0 Å². The molecule has 1 aromatic heterocycles. The third-order valence-electron chi connectivity index (χ3n) is 9.00. The van der Waals surface area contributed by atoms with Crippen molar-refractivity contribution in [3.8, 4) is 11.1 Å². The third kappa shape index (κ3) is 8.74. The average Bonchev–Trinajstić information content (AvgIpc) is 3.16. The van der Waals surface area contributed by atoms with Gasteiger partial charge in [0.25, 0.3) is 0 Å². The minimum absolute atomic E-state index is 0.0131. The maximum absolute atomic E-state index is 14.9. The molecule has 0 N–H and O–H groups in total. The van der Waals surface area contributed by atoms with Crippen molar-refractivity contribution in [2.24, 2.45) is 0 Å². The number of thioether (sulfide) groups is 1. The quantitative estimate of drug-likeness (QED) is 0.0951. The number of aromatic nitrogens is 1. The van der Waals surface area contributed by atoms with Crippen LogP contribution >= 0.6 is 11.8 Å². The zero-order valence-corrected chi connectivity index (χ0v) is 28.9. The standard InChI is InChI=1S/C40H38F5N3O3S/c1-51-22-21-46-19-17-32(18-20-46)47(24-27-9-11-28(12-10-27)29-13-15-31(16-14-29)40(43,44)45)37(50)25-48-35-8-3-2-6-33(35)36(49)23-38(48)52-26-30-5-4-7-34(41)39(30)42/h2-16,23,32H,17-22,24-26H2,1H3/i21D2,26D2. The highest BCUT2D eigenvalue weighted by atomic mass is 32.2. The lowest BCUT2D eigenvalue weighted by atomic mass is 10.00. The number of hydrogen-bond acceptors (Lipinski definition) is 5. The molecule has 1 fully saturated rings. The second-order valence-corrected chi connectivity index (χ2v) is 13.2. The number of rotatable bonds is 12. The number of alkyl halides is 3. The zero-order chi connectivity index (χ0) is 40.4. The number of carbonyl (C=O) groups excluding carboxylic acids is 1. The van der Waals surface area contributed by atoms with Crippen molar-refractivity contribution >= 4 is 28.6 Å². The molecule has 6 nitrogen and oxygen atoms in total. The predicted molar refractivity (Wildman–Crippen MR) is 193 cm³/mol. The smallest absolute Gasteiger partial charge is 0.383 e. The number of hydrogen-bond donors (Lipinski definition) is 0. The molecule has 0 aliphatic carbocycles. The fourth-order valence-electron chi connectivity index (χ4n) is 6.23. The van der Waals surface area contributed by atoms with Gasteiger partial charge in [0.1, 0.15) is 6.54 Å². The van der Waals surface area contributed by atoms with Gasteiger partial charge in [0.2, 0.25) is 5.91 Å². The molecule has 0 unspecified atom stereocenters. The van der Waals surface area contributed by atoms with Gasteiger partial charge in [0, 0.05) is 67.5 Å². The normalized spacial score (nSPS) is 15.9. The molecule has 1 amide bonds. The van der Waals surface area contributed by atoms with E-state index >= 15 is 0 Å². The molecule has 5 aromatic rings. The molecule has 2 heterocycles. The van der Waals surface area contributed by atoms with Crippen LogP contribution in [0.4, 0.5) is 22.0 Å². The van der Waals surface area contributed by atoms with Gasteiger partial charge < -0.3 is 19.1 Å². The molecule has 1 aliphatic rings. The van der Waals surface area contributed by atoms with Crippen molar-refractivity contribution in [1.82, 2.24) is 14.4 Å². The van der Waals surface area contributed by atoms with Crippen molar-refractivity contribution in [2.75, 3.05) is 33.3 Å². The summed E-state index contributed by atoms with van der Waals surface area (Å²) >= 11 is 0.476. The summed E-state index contributed by atoms with van der Waals surface area (Å²) in [5.41, 5.74) is -2.06. The third-order valence-corrected chi connectivity index (χ3v) is 9.87. The highest BCUT2D eigenvalue weighted by Gasteiger charge is 2.31.